The van der Waals surface area contributed by atoms with Crippen LogP contribution in [0.25, 0.3) is 0 Å². The topological polar surface area (TPSA) is 46.5 Å². The second-order valence-electron chi connectivity index (χ2n) is 3.64. The van der Waals surface area contributed by atoms with Crippen molar-refractivity contribution in [1.29, 1.82) is 0 Å². The molecule has 2 aliphatic heterocycles. The normalized spacial score (nSPS) is 38.2. The Morgan fingerprint density at radius 1 is 1.46 bits per heavy atom. The first kappa shape index (κ1) is 8.87. The van der Waals surface area contributed by atoms with Crippen LogP contribution in [0.4, 0.5) is 8.78 Å². The first-order chi connectivity index (χ1) is 6.01. The van der Waals surface area contributed by atoms with E-state index in [9.17, 15) is 13.6 Å². The lowest BCUT2D eigenvalue weighted by molar-refractivity contribution is -0.176. The standard InChI is InChI=1S/C8H10F2O3/c9-8(10,7(11)12)5-3-4-1-2-6(5)13-4/h4-6H,1-3H2,(H,11,12). The van der Waals surface area contributed by atoms with E-state index in [1.165, 1.54) is 0 Å². The van der Waals surface area contributed by atoms with Gasteiger partial charge in [0.05, 0.1) is 18.1 Å². The third-order valence-electron chi connectivity index (χ3n) is 2.86. The highest BCUT2D eigenvalue weighted by molar-refractivity contribution is 5.75. The summed E-state index contributed by atoms with van der Waals surface area (Å²) < 4.78 is 31.2. The lowest BCUT2D eigenvalue weighted by Gasteiger charge is -2.24. The summed E-state index contributed by atoms with van der Waals surface area (Å²) in [7, 11) is 0. The van der Waals surface area contributed by atoms with Crippen LogP contribution in [0.2, 0.25) is 0 Å². The van der Waals surface area contributed by atoms with Gasteiger partial charge in [-0.1, -0.05) is 0 Å². The molecule has 0 aromatic rings. The molecule has 3 nitrogen and oxygen atoms in total. The predicted octanol–water partition coefficient (Wildman–Crippen LogP) is 1.27. The van der Waals surface area contributed by atoms with Crippen molar-refractivity contribution in [2.24, 2.45) is 5.92 Å². The Morgan fingerprint density at radius 3 is 2.54 bits per heavy atom. The van der Waals surface area contributed by atoms with E-state index in [1.807, 2.05) is 0 Å². The molecule has 3 atom stereocenters. The maximum atomic E-state index is 13.0. The van der Waals surface area contributed by atoms with E-state index in [4.69, 9.17) is 9.84 Å². The van der Waals surface area contributed by atoms with Crippen LogP contribution in [0.3, 0.4) is 0 Å². The molecule has 3 unspecified atom stereocenters. The zero-order chi connectivity index (χ0) is 9.64. The second kappa shape index (κ2) is 2.64. The van der Waals surface area contributed by atoms with Gasteiger partial charge in [-0.15, -0.1) is 0 Å². The summed E-state index contributed by atoms with van der Waals surface area (Å²) in [6.45, 7) is 0. The Morgan fingerprint density at radius 2 is 2.15 bits per heavy atom. The van der Waals surface area contributed by atoms with Crippen molar-refractivity contribution < 1.29 is 23.4 Å². The molecule has 1 N–H and O–H groups in total. The van der Waals surface area contributed by atoms with Crippen molar-refractivity contribution in [2.45, 2.75) is 37.4 Å². The van der Waals surface area contributed by atoms with Gasteiger partial charge < -0.3 is 9.84 Å². The molecule has 2 fully saturated rings. The van der Waals surface area contributed by atoms with Crippen LogP contribution in [0, 0.1) is 5.92 Å². The smallest absolute Gasteiger partial charge is 0.374 e. The fourth-order valence-electron chi connectivity index (χ4n) is 2.18. The SMILES string of the molecule is O=C(O)C(F)(F)C1CC2CCC1O2. The fourth-order valence-corrected chi connectivity index (χ4v) is 2.18. The highest BCUT2D eigenvalue weighted by Crippen LogP contribution is 2.46. The number of fused-ring (bicyclic) bond motifs is 2. The van der Waals surface area contributed by atoms with Gasteiger partial charge in [-0.2, -0.15) is 8.78 Å². The van der Waals surface area contributed by atoms with E-state index < -0.39 is 23.9 Å². The number of carbonyl (C=O) groups is 1. The van der Waals surface area contributed by atoms with E-state index in [0.717, 1.165) is 6.42 Å². The second-order valence-corrected chi connectivity index (χ2v) is 3.64. The number of carboxylic acids is 1. The van der Waals surface area contributed by atoms with Crippen LogP contribution in [-0.4, -0.2) is 29.2 Å². The van der Waals surface area contributed by atoms with E-state index in [2.05, 4.69) is 0 Å². The zero-order valence-electron chi connectivity index (χ0n) is 6.87. The molecule has 0 spiro atoms. The predicted molar refractivity (Wildman–Crippen MR) is 38.6 cm³/mol. The maximum absolute atomic E-state index is 13.0. The van der Waals surface area contributed by atoms with Crippen LogP contribution in [0.5, 0.6) is 0 Å². The number of rotatable bonds is 2. The van der Waals surface area contributed by atoms with Crippen LogP contribution >= 0.6 is 0 Å². The molecule has 2 saturated heterocycles. The number of aliphatic carboxylic acids is 1. The summed E-state index contributed by atoms with van der Waals surface area (Å²) in [5, 5.41) is 8.32. The zero-order valence-corrected chi connectivity index (χ0v) is 6.87. The van der Waals surface area contributed by atoms with Gasteiger partial charge in [-0.3, -0.25) is 0 Å². The molecule has 74 valence electrons. The number of ether oxygens (including phenoxy) is 1. The van der Waals surface area contributed by atoms with Crippen molar-refractivity contribution in [2.75, 3.05) is 0 Å². The summed E-state index contributed by atoms with van der Waals surface area (Å²) in [5.41, 5.74) is 0. The van der Waals surface area contributed by atoms with Gasteiger partial charge in [0.2, 0.25) is 0 Å². The van der Waals surface area contributed by atoms with Crippen molar-refractivity contribution in [3.05, 3.63) is 0 Å². The van der Waals surface area contributed by atoms with E-state index in [0.29, 0.717) is 6.42 Å². The largest absolute Gasteiger partial charge is 0.477 e. The Bertz CT molecular complexity index is 242. The molecule has 13 heavy (non-hydrogen) atoms. The molecule has 0 aromatic carbocycles. The maximum Gasteiger partial charge on any atom is 0.374 e. The van der Waals surface area contributed by atoms with Gasteiger partial charge in [0.1, 0.15) is 0 Å². The molecule has 0 aliphatic carbocycles. The van der Waals surface area contributed by atoms with Crippen molar-refractivity contribution in [1.82, 2.24) is 0 Å². The summed E-state index contributed by atoms with van der Waals surface area (Å²) in [6, 6.07) is 0. The summed E-state index contributed by atoms with van der Waals surface area (Å²) in [6.07, 6.45) is 0.857. The molecular formula is C8H10F2O3. The van der Waals surface area contributed by atoms with Crippen LogP contribution < -0.4 is 0 Å². The molecule has 0 amide bonds. The molecular weight excluding hydrogens is 182 g/mol. The van der Waals surface area contributed by atoms with Crippen molar-refractivity contribution in [3.63, 3.8) is 0 Å². The average molecular weight is 192 g/mol. The van der Waals surface area contributed by atoms with Crippen molar-refractivity contribution >= 4 is 5.97 Å². The number of hydrogen-bond donors (Lipinski definition) is 1. The number of alkyl halides is 2. The fraction of sp³-hybridized carbons (Fsp3) is 0.875. The number of hydrogen-bond acceptors (Lipinski definition) is 2. The molecule has 0 radical (unpaired) electrons. The monoisotopic (exact) mass is 192 g/mol. The minimum atomic E-state index is -3.63. The van der Waals surface area contributed by atoms with Crippen molar-refractivity contribution in [3.8, 4) is 0 Å². The van der Waals surface area contributed by atoms with Gasteiger partial charge >= 0.3 is 11.9 Å². The Balaban J connectivity index is 2.14. The van der Waals surface area contributed by atoms with Gasteiger partial charge in [0.25, 0.3) is 0 Å². The first-order valence-electron chi connectivity index (χ1n) is 4.28. The molecule has 2 rings (SSSR count). The van der Waals surface area contributed by atoms with Gasteiger partial charge in [-0.25, -0.2) is 4.79 Å². The molecule has 0 aromatic heterocycles. The van der Waals surface area contributed by atoms with E-state index in [1.54, 1.807) is 0 Å². The van der Waals surface area contributed by atoms with E-state index >= 15 is 0 Å². The summed E-state index contributed by atoms with van der Waals surface area (Å²) in [4.78, 5) is 10.3. The van der Waals surface area contributed by atoms with Gasteiger partial charge in [0, 0.05) is 0 Å². The molecule has 2 heterocycles. The van der Waals surface area contributed by atoms with Crippen LogP contribution in [-0.2, 0) is 9.53 Å². The summed E-state index contributed by atoms with van der Waals surface area (Å²) >= 11 is 0. The lowest BCUT2D eigenvalue weighted by atomic mass is 9.84. The van der Waals surface area contributed by atoms with Gasteiger partial charge in [0.15, 0.2) is 0 Å². The molecule has 0 saturated carbocycles. The highest BCUT2D eigenvalue weighted by Gasteiger charge is 2.57. The number of carboxylic acid groups (broad SMARTS) is 1. The van der Waals surface area contributed by atoms with E-state index in [-0.39, 0.29) is 12.5 Å². The lowest BCUT2D eigenvalue weighted by Crippen LogP contribution is -2.42. The Kier molecular flexibility index (Phi) is 1.80. The molecule has 2 bridgehead atoms. The minimum Gasteiger partial charge on any atom is -0.477 e. The minimum absolute atomic E-state index is 0.139. The number of halogens is 2. The Hall–Kier alpha value is -0.710. The third-order valence-corrected chi connectivity index (χ3v) is 2.86. The molecule has 2 aliphatic rings. The first-order valence-corrected chi connectivity index (χ1v) is 4.28. The third kappa shape index (κ3) is 1.22. The average Bonchev–Trinajstić information content (AvgIpc) is 2.63. The van der Waals surface area contributed by atoms with Crippen LogP contribution in [0.1, 0.15) is 19.3 Å². The Labute approximate surface area is 73.7 Å². The van der Waals surface area contributed by atoms with Crippen LogP contribution in [0.15, 0.2) is 0 Å². The highest BCUT2D eigenvalue weighted by atomic mass is 19.3. The molecule has 5 heteroatoms. The quantitative estimate of drug-likeness (QED) is 0.716. The summed E-state index contributed by atoms with van der Waals surface area (Å²) in [5.74, 6) is -6.78. The van der Waals surface area contributed by atoms with Gasteiger partial charge in [-0.05, 0) is 19.3 Å².